The number of aromatic nitrogens is 1. The number of benzene rings is 1. The molecule has 0 radical (unpaired) electrons. The molecule has 0 saturated carbocycles. The van der Waals surface area contributed by atoms with Crippen molar-refractivity contribution < 1.29 is 4.79 Å². The molecule has 1 aromatic carbocycles. The first-order valence-corrected chi connectivity index (χ1v) is 7.78. The normalized spacial score (nSPS) is 15.1. The highest BCUT2D eigenvalue weighted by Gasteiger charge is 2.17. The molecule has 0 spiro atoms. The molecule has 1 saturated heterocycles. The molecule has 1 aliphatic rings. The minimum atomic E-state index is -0.0290. The number of rotatable bonds is 2. The molecule has 0 atom stereocenters. The van der Waals surface area contributed by atoms with E-state index in [0.29, 0.717) is 5.13 Å². The zero-order valence-corrected chi connectivity index (χ0v) is 12.0. The van der Waals surface area contributed by atoms with Crippen molar-refractivity contribution in [3.8, 4) is 11.3 Å². The number of likely N-dealkylation sites (tertiary alicyclic amines) is 1. The largest absolute Gasteiger partial charge is 0.324 e. The van der Waals surface area contributed by atoms with E-state index in [9.17, 15) is 4.79 Å². The van der Waals surface area contributed by atoms with Gasteiger partial charge in [0.1, 0.15) is 0 Å². The molecule has 2 heterocycles. The number of nitrogens with zero attached hydrogens (tertiary/aromatic N) is 2. The van der Waals surface area contributed by atoms with Crippen molar-refractivity contribution in [1.29, 1.82) is 0 Å². The third-order valence-electron chi connectivity index (χ3n) is 3.43. The number of piperidine rings is 1. The molecular formula is C15H17N3OS. The van der Waals surface area contributed by atoms with Gasteiger partial charge in [0.25, 0.3) is 0 Å². The van der Waals surface area contributed by atoms with Gasteiger partial charge in [0.2, 0.25) is 0 Å². The summed E-state index contributed by atoms with van der Waals surface area (Å²) >= 11 is 1.47. The number of hydrogen-bond acceptors (Lipinski definition) is 3. The highest BCUT2D eigenvalue weighted by atomic mass is 32.1. The molecule has 0 bridgehead atoms. The molecule has 1 fully saturated rings. The summed E-state index contributed by atoms with van der Waals surface area (Å²) in [5.41, 5.74) is 1.98. The van der Waals surface area contributed by atoms with Crippen LogP contribution >= 0.6 is 11.3 Å². The number of amides is 2. The second-order valence-electron chi connectivity index (χ2n) is 4.88. The van der Waals surface area contributed by atoms with Crippen LogP contribution in [0.4, 0.5) is 9.93 Å². The van der Waals surface area contributed by atoms with E-state index in [-0.39, 0.29) is 6.03 Å². The lowest BCUT2D eigenvalue weighted by Crippen LogP contribution is -2.38. The average Bonchev–Trinajstić information content (AvgIpc) is 2.97. The third-order valence-corrected chi connectivity index (χ3v) is 4.19. The van der Waals surface area contributed by atoms with E-state index in [1.165, 1.54) is 17.8 Å². The topological polar surface area (TPSA) is 45.2 Å². The molecule has 5 heteroatoms. The zero-order valence-electron chi connectivity index (χ0n) is 11.2. The van der Waals surface area contributed by atoms with Crippen LogP contribution in [0.5, 0.6) is 0 Å². The van der Waals surface area contributed by atoms with Crippen LogP contribution in [0.3, 0.4) is 0 Å². The van der Waals surface area contributed by atoms with Crippen molar-refractivity contribution >= 4 is 22.5 Å². The van der Waals surface area contributed by atoms with E-state index in [4.69, 9.17) is 0 Å². The number of anilines is 1. The number of carbonyl (C=O) groups is 1. The number of nitrogens with one attached hydrogen (secondary N) is 1. The van der Waals surface area contributed by atoms with Crippen molar-refractivity contribution in [2.75, 3.05) is 18.4 Å². The first-order valence-electron chi connectivity index (χ1n) is 6.90. The second kappa shape index (κ2) is 6.05. The molecule has 4 nitrogen and oxygen atoms in total. The fourth-order valence-corrected chi connectivity index (χ4v) is 3.05. The Labute approximate surface area is 122 Å². The van der Waals surface area contributed by atoms with Crippen molar-refractivity contribution in [2.24, 2.45) is 0 Å². The summed E-state index contributed by atoms with van der Waals surface area (Å²) in [7, 11) is 0. The summed E-state index contributed by atoms with van der Waals surface area (Å²) in [6.45, 7) is 1.70. The summed E-state index contributed by atoms with van der Waals surface area (Å²) in [4.78, 5) is 18.4. The van der Waals surface area contributed by atoms with Gasteiger partial charge in [-0.05, 0) is 19.3 Å². The molecule has 2 amide bonds. The Kier molecular flexibility index (Phi) is 3.97. The van der Waals surface area contributed by atoms with Gasteiger partial charge in [0, 0.05) is 24.0 Å². The maximum atomic E-state index is 12.1. The fourth-order valence-electron chi connectivity index (χ4n) is 2.34. The smallest absolute Gasteiger partial charge is 0.323 e. The first-order chi connectivity index (χ1) is 9.83. The van der Waals surface area contributed by atoms with E-state index in [1.54, 1.807) is 0 Å². The molecule has 2 aromatic rings. The highest BCUT2D eigenvalue weighted by Crippen LogP contribution is 2.25. The van der Waals surface area contributed by atoms with Crippen molar-refractivity contribution in [3.63, 3.8) is 0 Å². The Morgan fingerprint density at radius 1 is 1.15 bits per heavy atom. The third kappa shape index (κ3) is 2.99. The molecule has 1 aliphatic heterocycles. The van der Waals surface area contributed by atoms with Gasteiger partial charge < -0.3 is 4.90 Å². The van der Waals surface area contributed by atoms with Crippen LogP contribution in [0.2, 0.25) is 0 Å². The lowest BCUT2D eigenvalue weighted by atomic mass is 10.1. The van der Waals surface area contributed by atoms with Crippen LogP contribution in [0, 0.1) is 0 Å². The van der Waals surface area contributed by atoms with Gasteiger partial charge in [-0.3, -0.25) is 5.32 Å². The van der Waals surface area contributed by atoms with E-state index in [2.05, 4.69) is 10.3 Å². The summed E-state index contributed by atoms with van der Waals surface area (Å²) in [6, 6.07) is 9.96. The Morgan fingerprint density at radius 2 is 1.90 bits per heavy atom. The second-order valence-corrected chi connectivity index (χ2v) is 5.74. The summed E-state index contributed by atoms with van der Waals surface area (Å²) < 4.78 is 0. The first kappa shape index (κ1) is 13.1. The Balaban J connectivity index is 1.66. The molecule has 1 N–H and O–H groups in total. The van der Waals surface area contributed by atoms with Gasteiger partial charge >= 0.3 is 6.03 Å². The van der Waals surface area contributed by atoms with Gasteiger partial charge in [-0.1, -0.05) is 30.3 Å². The predicted octanol–water partition coefficient (Wildman–Crippen LogP) is 3.83. The van der Waals surface area contributed by atoms with E-state index < -0.39 is 0 Å². The Hall–Kier alpha value is -1.88. The minimum absolute atomic E-state index is 0.0290. The maximum Gasteiger partial charge on any atom is 0.323 e. The molecule has 104 valence electrons. The van der Waals surface area contributed by atoms with Crippen LogP contribution in [0.25, 0.3) is 11.3 Å². The number of carbonyl (C=O) groups excluding carboxylic acids is 1. The monoisotopic (exact) mass is 287 g/mol. The van der Waals surface area contributed by atoms with E-state index in [1.807, 2.05) is 40.6 Å². The van der Waals surface area contributed by atoms with Crippen LogP contribution in [0.15, 0.2) is 35.7 Å². The SMILES string of the molecule is O=C(Nc1nc(-c2ccccc2)cs1)N1CCCCC1. The fraction of sp³-hybridized carbons (Fsp3) is 0.333. The maximum absolute atomic E-state index is 12.1. The number of thiazole rings is 1. The standard InChI is InChI=1S/C15H17N3OS/c19-15(18-9-5-2-6-10-18)17-14-16-13(11-20-14)12-7-3-1-4-8-12/h1,3-4,7-8,11H,2,5-6,9-10H2,(H,16,17,19). The van der Waals surface area contributed by atoms with Crippen LogP contribution in [-0.2, 0) is 0 Å². The summed E-state index contributed by atoms with van der Waals surface area (Å²) in [5, 5.41) is 5.54. The molecule has 1 aromatic heterocycles. The summed E-state index contributed by atoms with van der Waals surface area (Å²) in [6.07, 6.45) is 3.42. The number of urea groups is 1. The molecule has 0 unspecified atom stereocenters. The quantitative estimate of drug-likeness (QED) is 0.912. The van der Waals surface area contributed by atoms with Crippen molar-refractivity contribution in [2.45, 2.75) is 19.3 Å². The lowest BCUT2D eigenvalue weighted by molar-refractivity contribution is 0.200. The van der Waals surface area contributed by atoms with Gasteiger partial charge in [0.05, 0.1) is 5.69 Å². The van der Waals surface area contributed by atoms with Crippen LogP contribution in [-0.4, -0.2) is 29.0 Å². The highest BCUT2D eigenvalue weighted by molar-refractivity contribution is 7.14. The van der Waals surface area contributed by atoms with Gasteiger partial charge in [-0.25, -0.2) is 9.78 Å². The van der Waals surface area contributed by atoms with E-state index >= 15 is 0 Å². The van der Waals surface area contributed by atoms with Crippen molar-refractivity contribution in [1.82, 2.24) is 9.88 Å². The predicted molar refractivity (Wildman–Crippen MR) is 82.0 cm³/mol. The van der Waals surface area contributed by atoms with Gasteiger partial charge in [-0.15, -0.1) is 11.3 Å². The Morgan fingerprint density at radius 3 is 2.65 bits per heavy atom. The van der Waals surface area contributed by atoms with Crippen LogP contribution in [0.1, 0.15) is 19.3 Å². The molecule has 0 aliphatic carbocycles. The van der Waals surface area contributed by atoms with Gasteiger partial charge in [0.15, 0.2) is 5.13 Å². The van der Waals surface area contributed by atoms with Crippen LogP contribution < -0.4 is 5.32 Å². The van der Waals surface area contributed by atoms with Crippen molar-refractivity contribution in [3.05, 3.63) is 35.7 Å². The molecule has 3 rings (SSSR count). The van der Waals surface area contributed by atoms with Gasteiger partial charge in [-0.2, -0.15) is 0 Å². The summed E-state index contributed by atoms with van der Waals surface area (Å²) in [5.74, 6) is 0. The Bertz CT molecular complexity index is 576. The molecular weight excluding hydrogens is 270 g/mol. The number of hydrogen-bond donors (Lipinski definition) is 1. The minimum Gasteiger partial charge on any atom is -0.324 e. The molecule has 20 heavy (non-hydrogen) atoms. The lowest BCUT2D eigenvalue weighted by Gasteiger charge is -2.26. The zero-order chi connectivity index (χ0) is 13.8. The average molecular weight is 287 g/mol. The van der Waals surface area contributed by atoms with E-state index in [0.717, 1.165) is 37.2 Å².